The van der Waals surface area contributed by atoms with Crippen LogP contribution in [0.25, 0.3) is 0 Å². The molecule has 1 rings (SSSR count). The summed E-state index contributed by atoms with van der Waals surface area (Å²) in [5.41, 5.74) is 7.50. The molecule has 0 aliphatic heterocycles. The van der Waals surface area contributed by atoms with Gasteiger partial charge < -0.3 is 15.8 Å². The Hall–Kier alpha value is -1.38. The lowest BCUT2D eigenvalue weighted by Crippen LogP contribution is -2.02. The summed E-state index contributed by atoms with van der Waals surface area (Å²) in [6, 6.07) is 5.65. The van der Waals surface area contributed by atoms with Crippen molar-refractivity contribution in [1.29, 1.82) is 0 Å². The molecule has 0 aromatic heterocycles. The number of anilines is 2. The van der Waals surface area contributed by atoms with Crippen molar-refractivity contribution in [1.82, 2.24) is 0 Å². The Kier molecular flexibility index (Phi) is 3.43. The van der Waals surface area contributed by atoms with Crippen molar-refractivity contribution in [3.05, 3.63) is 18.2 Å². The minimum absolute atomic E-state index is 0.729. The van der Waals surface area contributed by atoms with E-state index in [9.17, 15) is 0 Å². The Morgan fingerprint density at radius 3 is 2.77 bits per heavy atom. The first-order valence-electron chi connectivity index (χ1n) is 4.45. The minimum atomic E-state index is 0.729. The second kappa shape index (κ2) is 4.60. The number of benzene rings is 1. The maximum absolute atomic E-state index is 5.80. The van der Waals surface area contributed by atoms with Gasteiger partial charge in [0.1, 0.15) is 5.75 Å². The van der Waals surface area contributed by atoms with Gasteiger partial charge in [-0.1, -0.05) is 6.92 Å². The van der Waals surface area contributed by atoms with Crippen LogP contribution in [-0.2, 0) is 0 Å². The Balaban J connectivity index is 2.73. The van der Waals surface area contributed by atoms with Gasteiger partial charge in [0.05, 0.1) is 18.5 Å². The van der Waals surface area contributed by atoms with Gasteiger partial charge in [-0.05, 0) is 18.6 Å². The third-order valence-electron chi connectivity index (χ3n) is 1.82. The minimum Gasteiger partial charge on any atom is -0.497 e. The average Bonchev–Trinajstić information content (AvgIpc) is 2.16. The molecule has 1 aromatic carbocycles. The zero-order valence-corrected chi connectivity index (χ0v) is 8.13. The van der Waals surface area contributed by atoms with E-state index in [-0.39, 0.29) is 0 Å². The van der Waals surface area contributed by atoms with Crippen LogP contribution in [-0.4, -0.2) is 13.7 Å². The molecule has 0 saturated carbocycles. The van der Waals surface area contributed by atoms with E-state index >= 15 is 0 Å². The van der Waals surface area contributed by atoms with Crippen LogP contribution in [0.1, 0.15) is 13.3 Å². The topological polar surface area (TPSA) is 47.3 Å². The van der Waals surface area contributed by atoms with E-state index in [0.717, 1.165) is 30.1 Å². The predicted molar refractivity (Wildman–Crippen MR) is 56.2 cm³/mol. The van der Waals surface area contributed by atoms with Crippen molar-refractivity contribution >= 4 is 11.4 Å². The van der Waals surface area contributed by atoms with E-state index in [1.54, 1.807) is 7.11 Å². The predicted octanol–water partition coefficient (Wildman–Crippen LogP) is 2.10. The van der Waals surface area contributed by atoms with Gasteiger partial charge in [0.15, 0.2) is 0 Å². The van der Waals surface area contributed by atoms with E-state index in [1.165, 1.54) is 0 Å². The molecular weight excluding hydrogens is 164 g/mol. The standard InChI is InChI=1S/C10H16N2O/c1-3-6-12-10-5-4-8(13-2)7-9(10)11/h4-5,7,12H,3,6,11H2,1-2H3. The van der Waals surface area contributed by atoms with Gasteiger partial charge in [0.25, 0.3) is 0 Å². The van der Waals surface area contributed by atoms with Crippen LogP contribution >= 0.6 is 0 Å². The zero-order valence-electron chi connectivity index (χ0n) is 8.13. The van der Waals surface area contributed by atoms with Crippen molar-refractivity contribution in [2.75, 3.05) is 24.7 Å². The zero-order chi connectivity index (χ0) is 9.68. The third kappa shape index (κ3) is 2.54. The lowest BCUT2D eigenvalue weighted by Gasteiger charge is -2.09. The highest BCUT2D eigenvalue weighted by Gasteiger charge is 1.98. The summed E-state index contributed by atoms with van der Waals surface area (Å²) in [6.07, 6.45) is 1.09. The molecule has 0 radical (unpaired) electrons. The first-order chi connectivity index (χ1) is 6.27. The number of nitrogen functional groups attached to an aromatic ring is 1. The van der Waals surface area contributed by atoms with E-state index in [1.807, 2.05) is 18.2 Å². The first-order valence-corrected chi connectivity index (χ1v) is 4.45. The Morgan fingerprint density at radius 2 is 2.23 bits per heavy atom. The van der Waals surface area contributed by atoms with Crippen molar-refractivity contribution < 1.29 is 4.74 Å². The van der Waals surface area contributed by atoms with Crippen LogP contribution in [0.3, 0.4) is 0 Å². The summed E-state index contributed by atoms with van der Waals surface area (Å²) in [5.74, 6) is 0.791. The van der Waals surface area contributed by atoms with Crippen LogP contribution in [0.5, 0.6) is 5.75 Å². The number of nitrogens with one attached hydrogen (secondary N) is 1. The SMILES string of the molecule is CCCNc1ccc(OC)cc1N. The molecule has 0 saturated heterocycles. The molecule has 0 spiro atoms. The molecule has 0 unspecified atom stereocenters. The molecule has 3 N–H and O–H groups in total. The average molecular weight is 180 g/mol. The van der Waals surface area contributed by atoms with Crippen LogP contribution < -0.4 is 15.8 Å². The van der Waals surface area contributed by atoms with Crippen LogP contribution in [0.15, 0.2) is 18.2 Å². The van der Waals surface area contributed by atoms with E-state index in [4.69, 9.17) is 10.5 Å². The smallest absolute Gasteiger partial charge is 0.121 e. The second-order valence-electron chi connectivity index (χ2n) is 2.88. The molecule has 0 aliphatic rings. The fourth-order valence-electron chi connectivity index (χ4n) is 1.09. The Bertz CT molecular complexity index is 274. The molecule has 0 heterocycles. The fourth-order valence-corrected chi connectivity index (χ4v) is 1.09. The number of rotatable bonds is 4. The molecule has 3 nitrogen and oxygen atoms in total. The van der Waals surface area contributed by atoms with Gasteiger partial charge >= 0.3 is 0 Å². The third-order valence-corrected chi connectivity index (χ3v) is 1.82. The van der Waals surface area contributed by atoms with Crippen molar-refractivity contribution in [2.45, 2.75) is 13.3 Å². The lowest BCUT2D eigenvalue weighted by atomic mass is 10.2. The Labute approximate surface area is 78.9 Å². The highest BCUT2D eigenvalue weighted by atomic mass is 16.5. The van der Waals surface area contributed by atoms with E-state index in [2.05, 4.69) is 12.2 Å². The summed E-state index contributed by atoms with van der Waals surface area (Å²) in [5, 5.41) is 3.23. The molecule has 3 heteroatoms. The maximum Gasteiger partial charge on any atom is 0.121 e. The fraction of sp³-hybridized carbons (Fsp3) is 0.400. The van der Waals surface area contributed by atoms with Gasteiger partial charge in [0.2, 0.25) is 0 Å². The first kappa shape index (κ1) is 9.71. The molecule has 0 bridgehead atoms. The number of ether oxygens (including phenoxy) is 1. The van der Waals surface area contributed by atoms with Gasteiger partial charge in [-0.15, -0.1) is 0 Å². The molecule has 0 aliphatic carbocycles. The molecule has 0 fully saturated rings. The van der Waals surface area contributed by atoms with Crippen LogP contribution in [0.4, 0.5) is 11.4 Å². The van der Waals surface area contributed by atoms with Gasteiger partial charge in [-0.3, -0.25) is 0 Å². The van der Waals surface area contributed by atoms with Crippen molar-refractivity contribution in [2.24, 2.45) is 0 Å². The highest BCUT2D eigenvalue weighted by Crippen LogP contribution is 2.23. The number of nitrogens with two attached hydrogens (primary N) is 1. The van der Waals surface area contributed by atoms with E-state index in [0.29, 0.717) is 0 Å². The normalized spacial score (nSPS) is 9.69. The summed E-state index contributed by atoms with van der Waals surface area (Å²) in [6.45, 7) is 3.06. The van der Waals surface area contributed by atoms with E-state index < -0.39 is 0 Å². The maximum atomic E-state index is 5.80. The largest absolute Gasteiger partial charge is 0.497 e. The highest BCUT2D eigenvalue weighted by molar-refractivity contribution is 5.68. The molecule has 1 aromatic rings. The number of methoxy groups -OCH3 is 1. The van der Waals surface area contributed by atoms with Crippen molar-refractivity contribution in [3.63, 3.8) is 0 Å². The summed E-state index contributed by atoms with van der Waals surface area (Å²) in [7, 11) is 1.63. The quantitative estimate of drug-likeness (QED) is 0.697. The van der Waals surface area contributed by atoms with Crippen molar-refractivity contribution in [3.8, 4) is 5.75 Å². The molecule has 13 heavy (non-hydrogen) atoms. The number of hydrogen-bond donors (Lipinski definition) is 2. The Morgan fingerprint density at radius 1 is 1.46 bits per heavy atom. The lowest BCUT2D eigenvalue weighted by molar-refractivity contribution is 0.415. The monoisotopic (exact) mass is 180 g/mol. The van der Waals surface area contributed by atoms with Gasteiger partial charge in [-0.2, -0.15) is 0 Å². The van der Waals surface area contributed by atoms with Gasteiger partial charge in [-0.25, -0.2) is 0 Å². The number of hydrogen-bond acceptors (Lipinski definition) is 3. The van der Waals surface area contributed by atoms with Gasteiger partial charge in [0, 0.05) is 12.6 Å². The molecular formula is C10H16N2O. The molecule has 72 valence electrons. The summed E-state index contributed by atoms with van der Waals surface area (Å²) >= 11 is 0. The molecule has 0 atom stereocenters. The van der Waals surface area contributed by atoms with Crippen LogP contribution in [0.2, 0.25) is 0 Å². The molecule has 0 amide bonds. The van der Waals surface area contributed by atoms with Crippen LogP contribution in [0, 0.1) is 0 Å². The summed E-state index contributed by atoms with van der Waals surface area (Å²) < 4.78 is 5.05. The summed E-state index contributed by atoms with van der Waals surface area (Å²) in [4.78, 5) is 0. The second-order valence-corrected chi connectivity index (χ2v) is 2.88.